The summed E-state index contributed by atoms with van der Waals surface area (Å²) < 4.78 is 0. The minimum absolute atomic E-state index is 0.0485. The molecule has 1 aliphatic heterocycles. The number of rotatable bonds is 2. The lowest BCUT2D eigenvalue weighted by molar-refractivity contribution is 0.0746. The molecular formula is C25H24N4O. The van der Waals surface area contributed by atoms with E-state index in [1.807, 2.05) is 42.2 Å². The molecule has 1 aliphatic rings. The number of nitrogens with zero attached hydrogens (tertiary/aromatic N) is 4. The number of piperazine rings is 1. The summed E-state index contributed by atoms with van der Waals surface area (Å²) in [5.74, 6) is 7.36. The zero-order chi connectivity index (χ0) is 20.9. The van der Waals surface area contributed by atoms with E-state index >= 15 is 0 Å². The predicted octanol–water partition coefficient (Wildman–Crippen LogP) is 3.46. The van der Waals surface area contributed by atoms with Crippen LogP contribution in [0.15, 0.2) is 61.1 Å². The van der Waals surface area contributed by atoms with Crippen molar-refractivity contribution < 1.29 is 4.79 Å². The number of benzene rings is 2. The molecule has 0 atom stereocenters. The molecule has 150 valence electrons. The van der Waals surface area contributed by atoms with Crippen LogP contribution in [0.25, 0.3) is 0 Å². The molecule has 2 heterocycles. The van der Waals surface area contributed by atoms with Gasteiger partial charge in [-0.3, -0.25) is 9.78 Å². The van der Waals surface area contributed by atoms with Crippen molar-refractivity contribution in [3.05, 3.63) is 88.9 Å². The number of anilines is 1. The van der Waals surface area contributed by atoms with E-state index in [9.17, 15) is 4.79 Å². The fourth-order valence-electron chi connectivity index (χ4n) is 3.53. The molecule has 5 nitrogen and oxygen atoms in total. The number of aryl methyl sites for hydroxylation is 2. The van der Waals surface area contributed by atoms with Crippen molar-refractivity contribution in [1.29, 1.82) is 0 Å². The lowest BCUT2D eigenvalue weighted by atomic mass is 10.0. The molecule has 0 radical (unpaired) electrons. The third-order valence-corrected chi connectivity index (χ3v) is 5.28. The van der Waals surface area contributed by atoms with Gasteiger partial charge in [-0.1, -0.05) is 30.0 Å². The second kappa shape index (κ2) is 8.79. The smallest absolute Gasteiger partial charge is 0.254 e. The van der Waals surface area contributed by atoms with Crippen LogP contribution >= 0.6 is 0 Å². The summed E-state index contributed by atoms with van der Waals surface area (Å²) >= 11 is 0. The Labute approximate surface area is 177 Å². The first-order valence-corrected chi connectivity index (χ1v) is 10.1. The van der Waals surface area contributed by atoms with Crippen molar-refractivity contribution in [3.63, 3.8) is 0 Å². The SMILES string of the molecule is Cc1cccc(C#Cc2cc(C(=O)N3CCN(c4cnccn4)CC3)ccc2C)c1. The van der Waals surface area contributed by atoms with Gasteiger partial charge in [0, 0.05) is 55.3 Å². The Morgan fingerprint density at radius 3 is 2.53 bits per heavy atom. The highest BCUT2D eigenvalue weighted by molar-refractivity contribution is 5.95. The van der Waals surface area contributed by atoms with Gasteiger partial charge in [-0.25, -0.2) is 4.98 Å². The Hall–Kier alpha value is -3.65. The van der Waals surface area contributed by atoms with E-state index in [1.54, 1.807) is 18.6 Å². The molecule has 1 fully saturated rings. The van der Waals surface area contributed by atoms with E-state index in [2.05, 4.69) is 45.8 Å². The zero-order valence-corrected chi connectivity index (χ0v) is 17.3. The number of hydrogen-bond donors (Lipinski definition) is 0. The van der Waals surface area contributed by atoms with Gasteiger partial charge in [0.05, 0.1) is 6.20 Å². The maximum Gasteiger partial charge on any atom is 0.254 e. The van der Waals surface area contributed by atoms with Crippen LogP contribution in [0, 0.1) is 25.7 Å². The molecule has 0 saturated carbocycles. The topological polar surface area (TPSA) is 49.3 Å². The van der Waals surface area contributed by atoms with E-state index in [4.69, 9.17) is 0 Å². The molecule has 0 N–H and O–H groups in total. The molecular weight excluding hydrogens is 372 g/mol. The highest BCUT2D eigenvalue weighted by Crippen LogP contribution is 2.16. The van der Waals surface area contributed by atoms with Crippen LogP contribution < -0.4 is 4.90 Å². The average molecular weight is 396 g/mol. The second-order valence-corrected chi connectivity index (χ2v) is 7.49. The third kappa shape index (κ3) is 4.49. The van der Waals surface area contributed by atoms with Crippen LogP contribution in [0.5, 0.6) is 0 Å². The Bertz CT molecular complexity index is 1110. The molecule has 3 aromatic rings. The molecule has 0 aliphatic carbocycles. The Kier molecular flexibility index (Phi) is 5.76. The minimum Gasteiger partial charge on any atom is -0.352 e. The van der Waals surface area contributed by atoms with Gasteiger partial charge < -0.3 is 9.80 Å². The average Bonchev–Trinajstić information content (AvgIpc) is 2.79. The summed E-state index contributed by atoms with van der Waals surface area (Å²) in [5, 5.41) is 0. The first-order chi connectivity index (χ1) is 14.6. The van der Waals surface area contributed by atoms with Crippen LogP contribution in [0.1, 0.15) is 32.6 Å². The quantitative estimate of drug-likeness (QED) is 0.623. The van der Waals surface area contributed by atoms with Crippen molar-refractivity contribution in [2.45, 2.75) is 13.8 Å². The van der Waals surface area contributed by atoms with Crippen LogP contribution in [0.3, 0.4) is 0 Å². The molecule has 1 aromatic heterocycles. The summed E-state index contributed by atoms with van der Waals surface area (Å²) in [6.07, 6.45) is 5.12. The van der Waals surface area contributed by atoms with Gasteiger partial charge >= 0.3 is 0 Å². The first kappa shape index (κ1) is 19.7. The highest BCUT2D eigenvalue weighted by Gasteiger charge is 2.23. The van der Waals surface area contributed by atoms with Gasteiger partial charge in [0.25, 0.3) is 5.91 Å². The number of carbonyl (C=O) groups is 1. The van der Waals surface area contributed by atoms with E-state index in [0.717, 1.165) is 35.6 Å². The first-order valence-electron chi connectivity index (χ1n) is 10.1. The molecule has 0 bridgehead atoms. The van der Waals surface area contributed by atoms with Crippen molar-refractivity contribution in [2.24, 2.45) is 0 Å². The van der Waals surface area contributed by atoms with Crippen LogP contribution in [0.2, 0.25) is 0 Å². The minimum atomic E-state index is 0.0485. The lowest BCUT2D eigenvalue weighted by Crippen LogP contribution is -2.49. The molecule has 1 amide bonds. The van der Waals surface area contributed by atoms with E-state index in [0.29, 0.717) is 18.7 Å². The van der Waals surface area contributed by atoms with Crippen molar-refractivity contribution in [2.75, 3.05) is 31.1 Å². The van der Waals surface area contributed by atoms with Gasteiger partial charge in [-0.15, -0.1) is 0 Å². The van der Waals surface area contributed by atoms with E-state index in [-0.39, 0.29) is 5.91 Å². The number of hydrogen-bond acceptors (Lipinski definition) is 4. The van der Waals surface area contributed by atoms with Gasteiger partial charge in [0.15, 0.2) is 0 Å². The summed E-state index contributed by atoms with van der Waals surface area (Å²) in [6, 6.07) is 13.9. The molecule has 1 saturated heterocycles. The monoisotopic (exact) mass is 396 g/mol. The van der Waals surface area contributed by atoms with E-state index in [1.165, 1.54) is 5.56 Å². The van der Waals surface area contributed by atoms with Crippen molar-refractivity contribution in [1.82, 2.24) is 14.9 Å². The molecule has 0 spiro atoms. The van der Waals surface area contributed by atoms with Gasteiger partial charge in [-0.2, -0.15) is 0 Å². The molecule has 0 unspecified atom stereocenters. The summed E-state index contributed by atoms with van der Waals surface area (Å²) in [6.45, 7) is 6.89. The maximum absolute atomic E-state index is 13.1. The maximum atomic E-state index is 13.1. The lowest BCUT2D eigenvalue weighted by Gasteiger charge is -2.35. The van der Waals surface area contributed by atoms with Crippen LogP contribution in [-0.4, -0.2) is 47.0 Å². The number of carbonyl (C=O) groups excluding carboxylic acids is 1. The summed E-state index contributed by atoms with van der Waals surface area (Å²) in [7, 11) is 0. The number of aromatic nitrogens is 2. The molecule has 5 heteroatoms. The van der Waals surface area contributed by atoms with Gasteiger partial charge in [-0.05, 0) is 49.2 Å². The summed E-state index contributed by atoms with van der Waals surface area (Å²) in [5.41, 5.74) is 4.80. The third-order valence-electron chi connectivity index (χ3n) is 5.28. The Balaban J connectivity index is 1.47. The molecule has 30 heavy (non-hydrogen) atoms. The van der Waals surface area contributed by atoms with E-state index < -0.39 is 0 Å². The molecule has 2 aromatic carbocycles. The normalized spacial score (nSPS) is 13.5. The standard InChI is InChI=1S/C25H24N4O/c1-19-4-3-5-21(16-19)7-9-22-17-23(8-6-20(22)2)25(30)29-14-12-28(13-15-29)24-18-26-10-11-27-24/h3-6,8,10-11,16-18H,12-15H2,1-2H3. The largest absolute Gasteiger partial charge is 0.352 e. The fraction of sp³-hybridized carbons (Fsp3) is 0.240. The van der Waals surface area contributed by atoms with Crippen LogP contribution in [-0.2, 0) is 0 Å². The Morgan fingerprint density at radius 2 is 1.80 bits per heavy atom. The number of amides is 1. The van der Waals surface area contributed by atoms with Gasteiger partial charge in [0.1, 0.15) is 5.82 Å². The van der Waals surface area contributed by atoms with Crippen LogP contribution in [0.4, 0.5) is 5.82 Å². The summed E-state index contributed by atoms with van der Waals surface area (Å²) in [4.78, 5) is 25.6. The van der Waals surface area contributed by atoms with Gasteiger partial charge in [0.2, 0.25) is 0 Å². The Morgan fingerprint density at radius 1 is 0.967 bits per heavy atom. The fourth-order valence-corrected chi connectivity index (χ4v) is 3.53. The highest BCUT2D eigenvalue weighted by atomic mass is 16.2. The van der Waals surface area contributed by atoms with Crippen molar-refractivity contribution >= 4 is 11.7 Å². The predicted molar refractivity (Wildman–Crippen MR) is 118 cm³/mol. The zero-order valence-electron chi connectivity index (χ0n) is 17.3. The van der Waals surface area contributed by atoms with Crippen molar-refractivity contribution in [3.8, 4) is 11.8 Å². The molecule has 4 rings (SSSR count). The second-order valence-electron chi connectivity index (χ2n) is 7.49.